The minimum absolute atomic E-state index is 0.0108. The number of carbonyl (C=O) groups excluding carboxylic acids is 1. The molecule has 1 unspecified atom stereocenters. The molecule has 0 bridgehead atoms. The van der Waals surface area contributed by atoms with E-state index in [4.69, 9.17) is 4.74 Å². The van der Waals surface area contributed by atoms with E-state index in [0.29, 0.717) is 18.3 Å². The Morgan fingerprint density at radius 1 is 1.19 bits per heavy atom. The van der Waals surface area contributed by atoms with Crippen molar-refractivity contribution in [1.82, 2.24) is 30.0 Å². The van der Waals surface area contributed by atoms with E-state index in [1.165, 1.54) is 12.7 Å². The molecule has 0 aliphatic carbocycles. The van der Waals surface area contributed by atoms with Gasteiger partial charge in [-0.25, -0.2) is 19.6 Å². The smallest absolute Gasteiger partial charge is 0.224 e. The van der Waals surface area contributed by atoms with Gasteiger partial charge in [-0.15, -0.1) is 0 Å². The van der Waals surface area contributed by atoms with Crippen molar-refractivity contribution in [3.8, 4) is 5.82 Å². The van der Waals surface area contributed by atoms with Crippen LogP contribution in [0.2, 0.25) is 0 Å². The van der Waals surface area contributed by atoms with E-state index in [1.807, 2.05) is 6.07 Å². The summed E-state index contributed by atoms with van der Waals surface area (Å²) in [4.78, 5) is 27.4. The Labute approximate surface area is 158 Å². The van der Waals surface area contributed by atoms with Crippen LogP contribution < -0.4 is 10.2 Å². The molecular weight excluding hydrogens is 346 g/mol. The van der Waals surface area contributed by atoms with E-state index in [9.17, 15) is 4.79 Å². The molecule has 0 aromatic carbocycles. The highest BCUT2D eigenvalue weighted by Gasteiger charge is 2.27. The predicted molar refractivity (Wildman–Crippen MR) is 98.4 cm³/mol. The van der Waals surface area contributed by atoms with Gasteiger partial charge in [0, 0.05) is 38.9 Å². The van der Waals surface area contributed by atoms with Crippen LogP contribution in [0.5, 0.6) is 0 Å². The average molecular weight is 371 g/mol. The molecule has 1 atom stereocenters. The van der Waals surface area contributed by atoms with Crippen molar-refractivity contribution in [2.45, 2.75) is 25.7 Å². The second kappa shape index (κ2) is 8.43. The molecule has 144 valence electrons. The van der Waals surface area contributed by atoms with Gasteiger partial charge in [0.25, 0.3) is 0 Å². The number of anilines is 1. The van der Waals surface area contributed by atoms with Crippen LogP contribution in [-0.4, -0.2) is 63.5 Å². The highest BCUT2D eigenvalue weighted by molar-refractivity contribution is 5.79. The van der Waals surface area contributed by atoms with Gasteiger partial charge in [-0.3, -0.25) is 4.79 Å². The summed E-state index contributed by atoms with van der Waals surface area (Å²) in [5.74, 6) is 2.16. The summed E-state index contributed by atoms with van der Waals surface area (Å²) in [5, 5.41) is 7.26. The average Bonchev–Trinajstić information content (AvgIpc) is 3.28. The zero-order chi connectivity index (χ0) is 18.5. The van der Waals surface area contributed by atoms with E-state index in [-0.39, 0.29) is 11.8 Å². The molecule has 0 saturated carbocycles. The van der Waals surface area contributed by atoms with E-state index in [2.05, 4.69) is 30.3 Å². The molecule has 9 nitrogen and oxygen atoms in total. The summed E-state index contributed by atoms with van der Waals surface area (Å²) in [5.41, 5.74) is 0. The fourth-order valence-corrected chi connectivity index (χ4v) is 3.70. The number of hydrogen-bond donors (Lipinski definition) is 1. The van der Waals surface area contributed by atoms with Gasteiger partial charge in [-0.2, -0.15) is 5.10 Å². The van der Waals surface area contributed by atoms with Gasteiger partial charge in [0.1, 0.15) is 24.8 Å². The Balaban J connectivity index is 1.36. The molecule has 4 rings (SSSR count). The standard InChI is InChI=1S/C18H25N7O2/c26-18(20-9-14-3-6-27-7-4-14)15-2-1-5-24(10-15)16-8-17(22-12-21-16)25-13-19-11-23-25/h8,11-15H,1-7,9-10H2,(H,20,26). The van der Waals surface area contributed by atoms with Gasteiger partial charge in [0.2, 0.25) is 5.91 Å². The molecule has 27 heavy (non-hydrogen) atoms. The molecule has 0 spiro atoms. The maximum atomic E-state index is 12.6. The normalized spacial score (nSPS) is 21.2. The van der Waals surface area contributed by atoms with Gasteiger partial charge in [-0.1, -0.05) is 0 Å². The number of ether oxygens (including phenoxy) is 1. The van der Waals surface area contributed by atoms with Crippen LogP contribution in [-0.2, 0) is 9.53 Å². The van der Waals surface area contributed by atoms with Gasteiger partial charge < -0.3 is 15.0 Å². The monoisotopic (exact) mass is 371 g/mol. The maximum Gasteiger partial charge on any atom is 0.224 e. The van der Waals surface area contributed by atoms with E-state index in [0.717, 1.165) is 57.8 Å². The maximum absolute atomic E-state index is 12.6. The Hall–Kier alpha value is -2.55. The summed E-state index contributed by atoms with van der Waals surface area (Å²) in [6.07, 6.45) is 8.55. The van der Waals surface area contributed by atoms with Crippen molar-refractivity contribution in [2.24, 2.45) is 11.8 Å². The molecule has 2 fully saturated rings. The van der Waals surface area contributed by atoms with Crippen LogP contribution in [0.15, 0.2) is 25.0 Å². The molecule has 2 aliphatic heterocycles. The molecule has 4 heterocycles. The fourth-order valence-electron chi connectivity index (χ4n) is 3.70. The molecule has 1 amide bonds. The Bertz CT molecular complexity index is 746. The van der Waals surface area contributed by atoms with Crippen LogP contribution in [0.3, 0.4) is 0 Å². The number of piperidine rings is 1. The van der Waals surface area contributed by atoms with Crippen LogP contribution in [0.4, 0.5) is 5.82 Å². The summed E-state index contributed by atoms with van der Waals surface area (Å²) in [6, 6.07) is 1.89. The van der Waals surface area contributed by atoms with Crippen molar-refractivity contribution < 1.29 is 9.53 Å². The minimum Gasteiger partial charge on any atom is -0.381 e. The van der Waals surface area contributed by atoms with Crippen LogP contribution in [0, 0.1) is 11.8 Å². The van der Waals surface area contributed by atoms with E-state index >= 15 is 0 Å². The number of carbonyl (C=O) groups is 1. The number of nitrogens with zero attached hydrogens (tertiary/aromatic N) is 6. The molecular formula is C18H25N7O2. The molecule has 2 aliphatic rings. The van der Waals surface area contributed by atoms with Crippen molar-refractivity contribution in [3.63, 3.8) is 0 Å². The van der Waals surface area contributed by atoms with Gasteiger partial charge in [0.05, 0.1) is 5.92 Å². The Morgan fingerprint density at radius 2 is 2.04 bits per heavy atom. The van der Waals surface area contributed by atoms with Gasteiger partial charge in [-0.05, 0) is 31.6 Å². The number of aromatic nitrogens is 5. The zero-order valence-corrected chi connectivity index (χ0v) is 15.3. The van der Waals surface area contributed by atoms with Gasteiger partial charge >= 0.3 is 0 Å². The molecule has 2 aromatic rings. The van der Waals surface area contributed by atoms with Crippen LogP contribution in [0.25, 0.3) is 5.82 Å². The lowest BCUT2D eigenvalue weighted by Crippen LogP contribution is -2.44. The lowest BCUT2D eigenvalue weighted by Gasteiger charge is -2.33. The van der Waals surface area contributed by atoms with Crippen molar-refractivity contribution in [1.29, 1.82) is 0 Å². The highest BCUT2D eigenvalue weighted by atomic mass is 16.5. The predicted octanol–water partition coefficient (Wildman–Crippen LogP) is 0.816. The van der Waals surface area contributed by atoms with Crippen molar-refractivity contribution in [3.05, 3.63) is 25.0 Å². The molecule has 9 heteroatoms. The van der Waals surface area contributed by atoms with E-state index in [1.54, 1.807) is 11.0 Å². The molecule has 2 aromatic heterocycles. The highest BCUT2D eigenvalue weighted by Crippen LogP contribution is 2.23. The van der Waals surface area contributed by atoms with Crippen LogP contribution >= 0.6 is 0 Å². The van der Waals surface area contributed by atoms with E-state index < -0.39 is 0 Å². The summed E-state index contributed by atoms with van der Waals surface area (Å²) >= 11 is 0. The van der Waals surface area contributed by atoms with Crippen molar-refractivity contribution in [2.75, 3.05) is 37.7 Å². The molecule has 1 N–H and O–H groups in total. The Kier molecular flexibility index (Phi) is 5.57. The number of nitrogens with one attached hydrogen (secondary N) is 1. The number of hydrogen-bond acceptors (Lipinski definition) is 7. The van der Waals surface area contributed by atoms with Gasteiger partial charge in [0.15, 0.2) is 5.82 Å². The third-order valence-electron chi connectivity index (χ3n) is 5.31. The first-order valence-electron chi connectivity index (χ1n) is 9.57. The summed E-state index contributed by atoms with van der Waals surface area (Å²) in [7, 11) is 0. The number of rotatable bonds is 5. The third kappa shape index (κ3) is 4.41. The first-order chi connectivity index (χ1) is 13.3. The lowest BCUT2D eigenvalue weighted by molar-refractivity contribution is -0.125. The first-order valence-corrected chi connectivity index (χ1v) is 9.57. The Morgan fingerprint density at radius 3 is 2.85 bits per heavy atom. The lowest BCUT2D eigenvalue weighted by atomic mass is 9.96. The first kappa shape index (κ1) is 17.8. The second-order valence-corrected chi connectivity index (χ2v) is 7.16. The molecule has 2 saturated heterocycles. The topological polar surface area (TPSA) is 98.1 Å². The summed E-state index contributed by atoms with van der Waals surface area (Å²) < 4.78 is 6.99. The quantitative estimate of drug-likeness (QED) is 0.831. The fraction of sp³-hybridized carbons (Fsp3) is 0.611. The number of amides is 1. The van der Waals surface area contributed by atoms with Crippen molar-refractivity contribution >= 4 is 11.7 Å². The third-order valence-corrected chi connectivity index (χ3v) is 5.31. The second-order valence-electron chi connectivity index (χ2n) is 7.16. The zero-order valence-electron chi connectivity index (χ0n) is 15.3. The molecule has 0 radical (unpaired) electrons. The largest absolute Gasteiger partial charge is 0.381 e. The van der Waals surface area contributed by atoms with Crippen LogP contribution in [0.1, 0.15) is 25.7 Å². The summed E-state index contributed by atoms with van der Waals surface area (Å²) in [6.45, 7) is 3.92. The SMILES string of the molecule is O=C(NCC1CCOCC1)C1CCCN(c2cc(-n3cncn3)ncn2)C1. The minimum atomic E-state index is -0.0108.